The van der Waals surface area contributed by atoms with Crippen LogP contribution in [0.3, 0.4) is 0 Å². The van der Waals surface area contributed by atoms with Crippen molar-refractivity contribution in [1.29, 1.82) is 0 Å². The van der Waals surface area contributed by atoms with Crippen LogP contribution in [-0.4, -0.2) is 61.1 Å². The lowest BCUT2D eigenvalue weighted by molar-refractivity contribution is -0.717. The Hall–Kier alpha value is -3.57. The number of terminal acetylenes is 1. The topological polar surface area (TPSA) is 66.2 Å². The number of rotatable bonds is 7. The summed E-state index contributed by atoms with van der Waals surface area (Å²) in [6.45, 7) is 3.47. The molecule has 1 aromatic carbocycles. The number of hydrogen-bond donors (Lipinski definition) is 0. The molecule has 2 amide bonds. The zero-order chi connectivity index (χ0) is 24.0. The Kier molecular flexibility index (Phi) is 7.91. The summed E-state index contributed by atoms with van der Waals surface area (Å²) in [5.74, 6) is 3.77. The van der Waals surface area contributed by atoms with Crippen LogP contribution in [0.2, 0.25) is 0 Å². The highest BCUT2D eigenvalue weighted by Gasteiger charge is 2.30. The van der Waals surface area contributed by atoms with E-state index in [4.69, 9.17) is 15.9 Å². The summed E-state index contributed by atoms with van der Waals surface area (Å²) in [5, 5.41) is 0. The predicted molar refractivity (Wildman–Crippen MR) is 124 cm³/mol. The molecule has 0 radical (unpaired) electrons. The van der Waals surface area contributed by atoms with E-state index in [1.54, 1.807) is 33.4 Å². The molecule has 1 heterocycles. The van der Waals surface area contributed by atoms with Crippen LogP contribution < -0.4 is 14.0 Å². The first-order valence-corrected chi connectivity index (χ1v) is 10.9. The van der Waals surface area contributed by atoms with Crippen molar-refractivity contribution in [2.75, 3.05) is 34.2 Å². The maximum Gasteiger partial charge on any atom is 0.415 e. The second-order valence-electron chi connectivity index (χ2n) is 8.21. The lowest BCUT2D eigenvalue weighted by Gasteiger charge is -2.25. The molecule has 1 aromatic heterocycles. The second kappa shape index (κ2) is 10.8. The van der Waals surface area contributed by atoms with E-state index >= 15 is 0 Å². The van der Waals surface area contributed by atoms with E-state index < -0.39 is 12.2 Å². The largest absolute Gasteiger partial charge is 0.415 e. The van der Waals surface area contributed by atoms with E-state index in [-0.39, 0.29) is 6.04 Å². The highest BCUT2D eigenvalue weighted by atomic mass is 16.6. The van der Waals surface area contributed by atoms with Gasteiger partial charge in [-0.25, -0.2) is 14.5 Å². The number of benzene rings is 1. The van der Waals surface area contributed by atoms with Crippen LogP contribution in [-0.2, 0) is 13.1 Å². The van der Waals surface area contributed by atoms with Crippen LogP contribution >= 0.6 is 0 Å². The van der Waals surface area contributed by atoms with Gasteiger partial charge in [0.05, 0.1) is 6.54 Å². The number of fused-ring (bicyclic) bond motifs is 1. The molecule has 33 heavy (non-hydrogen) atoms. The normalized spacial score (nSPS) is 14.4. The predicted octanol–water partition coefficient (Wildman–Crippen LogP) is 3.07. The zero-order valence-electron chi connectivity index (χ0n) is 19.7. The van der Waals surface area contributed by atoms with Gasteiger partial charge in [-0.1, -0.05) is 12.0 Å². The van der Waals surface area contributed by atoms with Crippen molar-refractivity contribution < 1.29 is 23.6 Å². The van der Waals surface area contributed by atoms with Gasteiger partial charge in [0.25, 0.3) is 0 Å². The van der Waals surface area contributed by atoms with E-state index in [0.29, 0.717) is 31.3 Å². The summed E-state index contributed by atoms with van der Waals surface area (Å²) in [4.78, 5) is 29.0. The molecule has 2 aromatic rings. The van der Waals surface area contributed by atoms with Crippen molar-refractivity contribution in [1.82, 2.24) is 14.7 Å². The van der Waals surface area contributed by atoms with Gasteiger partial charge in [0, 0.05) is 39.8 Å². The Bertz CT molecular complexity index is 1050. The average Bonchev–Trinajstić information content (AvgIpc) is 3.21. The number of amides is 2. The monoisotopic (exact) mass is 451 g/mol. The van der Waals surface area contributed by atoms with Crippen LogP contribution in [0, 0.1) is 12.3 Å². The number of ether oxygens (including phenoxy) is 2. The molecule has 0 spiro atoms. The number of carbonyl (C=O) groups excluding carboxylic acids is 2. The number of aromatic nitrogens is 1. The van der Waals surface area contributed by atoms with E-state index in [1.807, 2.05) is 42.0 Å². The minimum absolute atomic E-state index is 0.139. The Morgan fingerprint density at radius 1 is 1.15 bits per heavy atom. The highest BCUT2D eigenvalue weighted by molar-refractivity contribution is 5.70. The first kappa shape index (κ1) is 24.1. The van der Waals surface area contributed by atoms with E-state index in [1.165, 1.54) is 15.4 Å². The molecular weight excluding hydrogens is 420 g/mol. The molecule has 3 rings (SSSR count). The molecule has 0 fully saturated rings. The van der Waals surface area contributed by atoms with Gasteiger partial charge in [-0.05, 0) is 49.1 Å². The molecule has 8 nitrogen and oxygen atoms in total. The molecular formula is C25H31N4O4+. The third-order valence-corrected chi connectivity index (χ3v) is 5.63. The Labute approximate surface area is 195 Å². The number of carbonyl (C=O) groups is 2. The molecule has 0 N–H and O–H groups in total. The number of aryl methyl sites for hydroxylation is 1. The van der Waals surface area contributed by atoms with Gasteiger partial charge in [-0.15, -0.1) is 6.42 Å². The van der Waals surface area contributed by atoms with Gasteiger partial charge in [0.15, 0.2) is 11.9 Å². The average molecular weight is 452 g/mol. The number of hydrogen-bond acceptors (Lipinski definition) is 5. The maximum absolute atomic E-state index is 12.1. The fourth-order valence-electron chi connectivity index (χ4n) is 3.75. The van der Waals surface area contributed by atoms with Crippen LogP contribution in [0.15, 0.2) is 42.7 Å². The first-order chi connectivity index (χ1) is 15.8. The van der Waals surface area contributed by atoms with Gasteiger partial charge in [-0.3, -0.25) is 0 Å². The quantitative estimate of drug-likeness (QED) is 0.478. The molecule has 0 bridgehead atoms. The number of nitrogens with zero attached hydrogens (tertiary/aromatic N) is 4. The molecule has 1 aliphatic rings. The van der Waals surface area contributed by atoms with Gasteiger partial charge in [0.2, 0.25) is 12.9 Å². The van der Waals surface area contributed by atoms with Crippen LogP contribution in [0.5, 0.6) is 11.5 Å². The molecule has 0 saturated heterocycles. The SMILES string of the molecule is C#CCN(C[n+]1cccc(OC(=O)N(C)CC)c1)C1CCc2cc(OC(=O)N(C)C)ccc21. The molecule has 174 valence electrons. The minimum atomic E-state index is -0.402. The summed E-state index contributed by atoms with van der Waals surface area (Å²) >= 11 is 0. The molecule has 0 aliphatic heterocycles. The van der Waals surface area contributed by atoms with Crippen LogP contribution in [0.4, 0.5) is 9.59 Å². The van der Waals surface area contributed by atoms with Gasteiger partial charge in [0.1, 0.15) is 5.75 Å². The molecule has 0 saturated carbocycles. The van der Waals surface area contributed by atoms with Crippen molar-refractivity contribution in [2.45, 2.75) is 32.5 Å². The second-order valence-corrected chi connectivity index (χ2v) is 8.21. The van der Waals surface area contributed by atoms with E-state index in [2.05, 4.69) is 10.8 Å². The maximum atomic E-state index is 12.1. The summed E-state index contributed by atoms with van der Waals surface area (Å²) < 4.78 is 12.8. The van der Waals surface area contributed by atoms with E-state index in [0.717, 1.165) is 18.4 Å². The Morgan fingerprint density at radius 3 is 2.61 bits per heavy atom. The smallest absolute Gasteiger partial charge is 0.410 e. The minimum Gasteiger partial charge on any atom is -0.410 e. The summed E-state index contributed by atoms with van der Waals surface area (Å²) in [7, 11) is 5.00. The fraction of sp³-hybridized carbons (Fsp3) is 0.400. The third kappa shape index (κ3) is 6.02. The standard InChI is InChI=1S/C25H31N4O4/c1-6-14-29(18-28-15-8-9-21(17-28)33-25(31)27(5)7-2)23-13-10-19-16-20(11-12-22(19)23)32-24(30)26(3)4/h1,8-9,11-12,15-17,23H,7,10,13-14,18H2,2-5H3/q+1. The molecule has 1 unspecified atom stereocenters. The third-order valence-electron chi connectivity index (χ3n) is 5.63. The Balaban J connectivity index is 1.75. The number of pyridine rings is 1. The van der Waals surface area contributed by atoms with E-state index in [9.17, 15) is 9.59 Å². The van der Waals surface area contributed by atoms with Crippen molar-refractivity contribution in [3.63, 3.8) is 0 Å². The van der Waals surface area contributed by atoms with Gasteiger partial charge >= 0.3 is 12.2 Å². The lowest BCUT2D eigenvalue weighted by Crippen LogP contribution is -2.45. The van der Waals surface area contributed by atoms with Crippen molar-refractivity contribution in [3.8, 4) is 23.8 Å². The summed E-state index contributed by atoms with van der Waals surface area (Å²) in [6, 6.07) is 9.51. The Morgan fingerprint density at radius 2 is 1.91 bits per heavy atom. The van der Waals surface area contributed by atoms with Gasteiger partial charge in [-0.2, -0.15) is 4.57 Å². The van der Waals surface area contributed by atoms with Gasteiger partial charge < -0.3 is 19.3 Å². The van der Waals surface area contributed by atoms with Crippen LogP contribution in [0.1, 0.15) is 30.5 Å². The van der Waals surface area contributed by atoms with Crippen molar-refractivity contribution in [3.05, 3.63) is 53.9 Å². The first-order valence-electron chi connectivity index (χ1n) is 10.9. The summed E-state index contributed by atoms with van der Waals surface area (Å²) in [5.41, 5.74) is 2.34. The zero-order valence-corrected chi connectivity index (χ0v) is 19.7. The molecule has 8 heteroatoms. The molecule has 1 aliphatic carbocycles. The van der Waals surface area contributed by atoms with Crippen LogP contribution in [0.25, 0.3) is 0 Å². The van der Waals surface area contributed by atoms with Crippen molar-refractivity contribution >= 4 is 12.2 Å². The van der Waals surface area contributed by atoms with Crippen molar-refractivity contribution in [2.24, 2.45) is 0 Å². The highest BCUT2D eigenvalue weighted by Crippen LogP contribution is 2.37. The molecule has 1 atom stereocenters. The summed E-state index contributed by atoms with van der Waals surface area (Å²) in [6.07, 6.45) is 10.4. The fourth-order valence-corrected chi connectivity index (χ4v) is 3.75. The lowest BCUT2D eigenvalue weighted by atomic mass is 10.1.